The summed E-state index contributed by atoms with van der Waals surface area (Å²) in [6, 6.07) is 11.0. The second-order valence-electron chi connectivity index (χ2n) is 6.15. The summed E-state index contributed by atoms with van der Waals surface area (Å²) in [7, 11) is 0. The quantitative estimate of drug-likeness (QED) is 0.629. The summed E-state index contributed by atoms with van der Waals surface area (Å²) in [5, 5.41) is 2.99. The highest BCUT2D eigenvalue weighted by molar-refractivity contribution is 9.10. The lowest BCUT2D eigenvalue weighted by molar-refractivity contribution is 0.102. The zero-order valence-corrected chi connectivity index (χ0v) is 15.0. The Labute approximate surface area is 152 Å². The van der Waals surface area contributed by atoms with Crippen LogP contribution in [0, 0.1) is 0 Å². The van der Waals surface area contributed by atoms with Crippen molar-refractivity contribution in [3.05, 3.63) is 56.9 Å². The van der Waals surface area contributed by atoms with E-state index in [-0.39, 0.29) is 11.6 Å². The van der Waals surface area contributed by atoms with Crippen LogP contribution in [0.1, 0.15) is 23.2 Å². The molecule has 0 aliphatic carbocycles. The van der Waals surface area contributed by atoms with Crippen molar-refractivity contribution >= 4 is 44.2 Å². The molecule has 1 fully saturated rings. The molecule has 25 heavy (non-hydrogen) atoms. The van der Waals surface area contributed by atoms with Gasteiger partial charge in [0.15, 0.2) is 0 Å². The number of aromatic amines is 2. The summed E-state index contributed by atoms with van der Waals surface area (Å²) in [6.45, 7) is 1.89. The third-order valence-electron chi connectivity index (χ3n) is 4.41. The molecule has 3 aromatic rings. The number of nitrogens with zero attached hydrogens (tertiary/aromatic N) is 1. The van der Waals surface area contributed by atoms with Gasteiger partial charge in [-0.2, -0.15) is 0 Å². The number of fused-ring (bicyclic) bond motifs is 1. The van der Waals surface area contributed by atoms with Crippen LogP contribution in [0.5, 0.6) is 0 Å². The van der Waals surface area contributed by atoms with Crippen molar-refractivity contribution in [3.63, 3.8) is 0 Å². The van der Waals surface area contributed by atoms with Crippen molar-refractivity contribution in [2.75, 3.05) is 23.3 Å². The van der Waals surface area contributed by atoms with Crippen LogP contribution in [0.25, 0.3) is 11.0 Å². The molecule has 0 spiro atoms. The molecule has 2 aromatic carbocycles. The number of nitrogens with one attached hydrogen (secondary N) is 3. The third-order valence-corrected chi connectivity index (χ3v) is 4.91. The van der Waals surface area contributed by atoms with Gasteiger partial charge in [-0.25, -0.2) is 4.79 Å². The maximum Gasteiger partial charge on any atom is 0.323 e. The van der Waals surface area contributed by atoms with Crippen molar-refractivity contribution in [2.45, 2.75) is 12.8 Å². The summed E-state index contributed by atoms with van der Waals surface area (Å²) < 4.78 is 0.852. The molecular weight excluding hydrogens is 384 g/mol. The number of hydrogen-bond donors (Lipinski definition) is 3. The predicted octanol–water partition coefficient (Wildman–Crippen LogP) is 3.47. The minimum atomic E-state index is -0.252. The van der Waals surface area contributed by atoms with Crippen molar-refractivity contribution in [2.24, 2.45) is 0 Å². The molecule has 2 heterocycles. The van der Waals surface area contributed by atoms with Crippen LogP contribution in [0.4, 0.5) is 11.4 Å². The Morgan fingerprint density at radius 3 is 2.52 bits per heavy atom. The molecule has 0 radical (unpaired) electrons. The number of hydrogen-bond acceptors (Lipinski definition) is 3. The molecule has 3 N–H and O–H groups in total. The molecule has 0 bridgehead atoms. The van der Waals surface area contributed by atoms with Gasteiger partial charge in [-0.15, -0.1) is 0 Å². The van der Waals surface area contributed by atoms with Crippen LogP contribution in [0.3, 0.4) is 0 Å². The Kier molecular flexibility index (Phi) is 4.09. The van der Waals surface area contributed by atoms with Gasteiger partial charge in [0.1, 0.15) is 0 Å². The van der Waals surface area contributed by atoms with Crippen molar-refractivity contribution in [3.8, 4) is 0 Å². The number of carbonyl (C=O) groups excluding carboxylic acids is 1. The van der Waals surface area contributed by atoms with E-state index in [0.29, 0.717) is 16.8 Å². The van der Waals surface area contributed by atoms with Crippen LogP contribution in [0.15, 0.2) is 45.7 Å². The van der Waals surface area contributed by atoms with E-state index in [2.05, 4.69) is 36.1 Å². The first-order valence-electron chi connectivity index (χ1n) is 8.18. The van der Waals surface area contributed by atoms with E-state index in [0.717, 1.165) is 41.6 Å². The minimum absolute atomic E-state index is 0.182. The molecule has 0 unspecified atom stereocenters. The number of rotatable bonds is 3. The number of halogens is 1. The summed E-state index contributed by atoms with van der Waals surface area (Å²) >= 11 is 3.39. The smallest absolute Gasteiger partial charge is 0.323 e. The molecule has 0 saturated carbocycles. The van der Waals surface area contributed by atoms with Crippen LogP contribution in [-0.2, 0) is 0 Å². The lowest BCUT2D eigenvalue weighted by Crippen LogP contribution is -2.21. The topological polar surface area (TPSA) is 81.0 Å². The SMILES string of the molecule is O=C(Nc1cc2[nH]c(=O)[nH]c2cc1N1CCCC1)c1cccc(Br)c1. The van der Waals surface area contributed by atoms with Crippen molar-refractivity contribution < 1.29 is 4.79 Å². The Morgan fingerprint density at radius 2 is 1.80 bits per heavy atom. The molecule has 6 nitrogen and oxygen atoms in total. The van der Waals surface area contributed by atoms with Crippen LogP contribution >= 0.6 is 15.9 Å². The lowest BCUT2D eigenvalue weighted by atomic mass is 10.1. The van der Waals surface area contributed by atoms with Gasteiger partial charge in [-0.05, 0) is 43.2 Å². The van der Waals surface area contributed by atoms with E-state index in [1.165, 1.54) is 0 Å². The first-order valence-corrected chi connectivity index (χ1v) is 8.97. The zero-order valence-electron chi connectivity index (χ0n) is 13.4. The summed E-state index contributed by atoms with van der Waals surface area (Å²) in [5.74, 6) is -0.182. The van der Waals surface area contributed by atoms with Crippen molar-refractivity contribution in [1.82, 2.24) is 9.97 Å². The van der Waals surface area contributed by atoms with E-state index in [1.807, 2.05) is 24.3 Å². The van der Waals surface area contributed by atoms with Crippen LogP contribution in [-0.4, -0.2) is 29.0 Å². The monoisotopic (exact) mass is 400 g/mol. The van der Waals surface area contributed by atoms with E-state index in [9.17, 15) is 9.59 Å². The van der Waals surface area contributed by atoms with E-state index < -0.39 is 0 Å². The molecule has 128 valence electrons. The number of anilines is 2. The zero-order chi connectivity index (χ0) is 17.4. The highest BCUT2D eigenvalue weighted by Gasteiger charge is 2.19. The maximum absolute atomic E-state index is 12.6. The van der Waals surface area contributed by atoms with E-state index in [1.54, 1.807) is 12.1 Å². The average molecular weight is 401 g/mol. The number of amides is 1. The third kappa shape index (κ3) is 3.19. The Balaban J connectivity index is 1.74. The molecule has 0 atom stereocenters. The van der Waals surface area contributed by atoms with Gasteiger partial charge in [-0.1, -0.05) is 22.0 Å². The maximum atomic E-state index is 12.6. The van der Waals surface area contributed by atoms with Gasteiger partial charge in [0, 0.05) is 23.1 Å². The number of benzene rings is 2. The molecule has 1 aliphatic heterocycles. The van der Waals surface area contributed by atoms with Crippen LogP contribution < -0.4 is 15.9 Å². The fourth-order valence-corrected chi connectivity index (χ4v) is 3.61. The van der Waals surface area contributed by atoms with Gasteiger partial charge in [0.2, 0.25) is 0 Å². The van der Waals surface area contributed by atoms with Crippen molar-refractivity contribution in [1.29, 1.82) is 0 Å². The number of carbonyl (C=O) groups is 1. The van der Waals surface area contributed by atoms with Gasteiger partial charge in [0.05, 0.1) is 22.4 Å². The molecule has 1 amide bonds. The molecule has 1 aliphatic rings. The molecule has 1 saturated heterocycles. The Bertz CT molecular complexity index is 1000. The second-order valence-corrected chi connectivity index (χ2v) is 7.07. The number of H-pyrrole nitrogens is 2. The highest BCUT2D eigenvalue weighted by atomic mass is 79.9. The summed E-state index contributed by atoms with van der Waals surface area (Å²) in [4.78, 5) is 32.0. The number of imidazole rings is 1. The van der Waals surface area contributed by atoms with E-state index >= 15 is 0 Å². The predicted molar refractivity (Wildman–Crippen MR) is 102 cm³/mol. The second kappa shape index (κ2) is 6.40. The minimum Gasteiger partial charge on any atom is -0.370 e. The first-order chi connectivity index (χ1) is 12.1. The number of aromatic nitrogens is 2. The van der Waals surface area contributed by atoms with E-state index in [4.69, 9.17) is 0 Å². The Morgan fingerprint density at radius 1 is 1.08 bits per heavy atom. The lowest BCUT2D eigenvalue weighted by Gasteiger charge is -2.22. The average Bonchev–Trinajstić information content (AvgIpc) is 3.22. The highest BCUT2D eigenvalue weighted by Crippen LogP contribution is 2.32. The standard InChI is InChI=1S/C18H17BrN4O2/c19-12-5-3-4-11(8-12)17(24)20-15-9-13-14(22-18(25)21-13)10-16(15)23-6-1-2-7-23/h3-5,8-10H,1-2,6-7H2,(H,20,24)(H2,21,22,25). The molecule has 1 aromatic heterocycles. The molecule has 7 heteroatoms. The normalized spacial score (nSPS) is 14.2. The first kappa shape index (κ1) is 16.0. The fourth-order valence-electron chi connectivity index (χ4n) is 3.21. The van der Waals surface area contributed by atoms with Gasteiger partial charge in [-0.3, -0.25) is 4.79 Å². The largest absolute Gasteiger partial charge is 0.370 e. The molecular formula is C18H17BrN4O2. The summed E-state index contributed by atoms with van der Waals surface area (Å²) in [6.07, 6.45) is 2.25. The Hall–Kier alpha value is -2.54. The van der Waals surface area contributed by atoms with Gasteiger partial charge >= 0.3 is 5.69 Å². The van der Waals surface area contributed by atoms with Gasteiger partial charge < -0.3 is 20.2 Å². The summed E-state index contributed by atoms with van der Waals surface area (Å²) in [5.41, 5.74) is 3.38. The van der Waals surface area contributed by atoms with Gasteiger partial charge in [0.25, 0.3) is 5.91 Å². The fraction of sp³-hybridized carbons (Fsp3) is 0.222. The van der Waals surface area contributed by atoms with Crippen LogP contribution in [0.2, 0.25) is 0 Å². The molecule has 4 rings (SSSR count).